The molecule has 0 bridgehead atoms. The Balaban J connectivity index is 1.95. The molecule has 20 heavy (non-hydrogen) atoms. The topological polar surface area (TPSA) is 35.5 Å². The number of benzene rings is 1. The number of hydrogen-bond donors (Lipinski definition) is 0. The minimum Gasteiger partial charge on any atom is -0.465 e. The van der Waals surface area contributed by atoms with Crippen LogP contribution in [0.1, 0.15) is 40.7 Å². The van der Waals surface area contributed by atoms with E-state index in [1.165, 1.54) is 23.8 Å². The minimum atomic E-state index is -0.260. The molecule has 0 N–H and O–H groups in total. The van der Waals surface area contributed by atoms with Gasteiger partial charge in [-0.1, -0.05) is 12.1 Å². The van der Waals surface area contributed by atoms with E-state index >= 15 is 0 Å². The highest BCUT2D eigenvalue weighted by Crippen LogP contribution is 2.37. The molecule has 3 rings (SSSR count). The Bertz CT molecular complexity index is 539. The molecule has 1 aliphatic heterocycles. The minimum absolute atomic E-state index is 0.260. The van der Waals surface area contributed by atoms with Gasteiger partial charge in [0.15, 0.2) is 0 Å². The van der Waals surface area contributed by atoms with E-state index in [1.807, 2.05) is 12.1 Å². The average Bonchev–Trinajstić information content (AvgIpc) is 2.54. The molecular weight excluding hydrogens is 252 g/mol. The predicted octanol–water partition coefficient (Wildman–Crippen LogP) is 3.23. The lowest BCUT2D eigenvalue weighted by atomic mass is 9.80. The van der Waals surface area contributed by atoms with E-state index in [9.17, 15) is 4.79 Å². The number of allylic oxidation sites excluding steroid dienone is 2. The van der Waals surface area contributed by atoms with Crippen LogP contribution in [0.5, 0.6) is 0 Å². The lowest BCUT2D eigenvalue weighted by Crippen LogP contribution is -2.19. The van der Waals surface area contributed by atoms with Crippen LogP contribution in [0.2, 0.25) is 0 Å². The maximum absolute atomic E-state index is 11.7. The first-order valence-corrected chi connectivity index (χ1v) is 7.29. The Hall–Kier alpha value is -1.61. The fourth-order valence-electron chi connectivity index (χ4n) is 3.20. The fraction of sp³-hybridized carbons (Fsp3) is 0.471. The zero-order valence-electron chi connectivity index (χ0n) is 11.9. The molecule has 1 heterocycles. The van der Waals surface area contributed by atoms with Gasteiger partial charge in [0, 0.05) is 13.2 Å². The molecule has 0 unspecified atom stereocenters. The molecule has 3 nitrogen and oxygen atoms in total. The number of esters is 1. The monoisotopic (exact) mass is 272 g/mol. The summed E-state index contributed by atoms with van der Waals surface area (Å²) in [4.78, 5) is 11.7. The van der Waals surface area contributed by atoms with Crippen molar-refractivity contribution in [1.29, 1.82) is 0 Å². The Morgan fingerprint density at radius 2 is 2.10 bits per heavy atom. The zero-order valence-corrected chi connectivity index (χ0v) is 11.9. The average molecular weight is 272 g/mol. The number of fused-ring (bicyclic) bond motifs is 1. The molecular formula is C17H20O3. The summed E-state index contributed by atoms with van der Waals surface area (Å²) in [6.07, 6.45) is 6.65. The third-order valence-electron chi connectivity index (χ3n) is 4.28. The van der Waals surface area contributed by atoms with Gasteiger partial charge in [-0.05, 0) is 60.4 Å². The van der Waals surface area contributed by atoms with Gasteiger partial charge in [-0.25, -0.2) is 4.79 Å². The van der Waals surface area contributed by atoms with Gasteiger partial charge < -0.3 is 9.47 Å². The summed E-state index contributed by atoms with van der Waals surface area (Å²) in [5.74, 6) is 0.306. The van der Waals surface area contributed by atoms with Crippen molar-refractivity contribution in [2.75, 3.05) is 20.3 Å². The van der Waals surface area contributed by atoms with Gasteiger partial charge in [-0.15, -0.1) is 0 Å². The van der Waals surface area contributed by atoms with E-state index in [2.05, 4.69) is 12.1 Å². The summed E-state index contributed by atoms with van der Waals surface area (Å²) in [6, 6.07) is 5.95. The first-order valence-electron chi connectivity index (χ1n) is 7.29. The van der Waals surface area contributed by atoms with Crippen molar-refractivity contribution in [3.63, 3.8) is 0 Å². The summed E-state index contributed by atoms with van der Waals surface area (Å²) in [6.45, 7) is 1.68. The van der Waals surface area contributed by atoms with Gasteiger partial charge in [0.1, 0.15) is 0 Å². The second-order valence-corrected chi connectivity index (χ2v) is 5.45. The van der Waals surface area contributed by atoms with Crippen LogP contribution in [0.3, 0.4) is 0 Å². The summed E-state index contributed by atoms with van der Waals surface area (Å²) >= 11 is 0. The first kappa shape index (κ1) is 13.4. The quantitative estimate of drug-likeness (QED) is 0.775. The Labute approximate surface area is 119 Å². The number of carbonyl (C=O) groups excluding carboxylic acids is 1. The standard InChI is InChI=1S/C17H20O3/c1-19-17(18)14-6-5-12-3-2-4-15(16(12)11-14)13-7-9-20-10-8-13/h4-6,11,13H,2-3,7-10H2,1H3. The van der Waals surface area contributed by atoms with Crippen molar-refractivity contribution in [2.24, 2.45) is 5.92 Å². The third kappa shape index (κ3) is 2.50. The van der Waals surface area contributed by atoms with Gasteiger partial charge in [0.25, 0.3) is 0 Å². The molecule has 0 aromatic heterocycles. The molecule has 1 aliphatic carbocycles. The number of carbonyl (C=O) groups is 1. The van der Waals surface area contributed by atoms with Crippen molar-refractivity contribution < 1.29 is 14.3 Å². The SMILES string of the molecule is COC(=O)c1ccc2c(c1)C(C1CCOCC1)=CCC2. The highest BCUT2D eigenvalue weighted by molar-refractivity contribution is 5.91. The van der Waals surface area contributed by atoms with Gasteiger partial charge >= 0.3 is 5.97 Å². The molecule has 1 fully saturated rings. The van der Waals surface area contributed by atoms with Crippen LogP contribution in [-0.4, -0.2) is 26.3 Å². The molecule has 1 aromatic rings. The zero-order chi connectivity index (χ0) is 13.9. The van der Waals surface area contributed by atoms with Crippen LogP contribution >= 0.6 is 0 Å². The van der Waals surface area contributed by atoms with Crippen LogP contribution < -0.4 is 0 Å². The number of aryl methyl sites for hydroxylation is 1. The van der Waals surface area contributed by atoms with Crippen LogP contribution in [0.25, 0.3) is 5.57 Å². The molecule has 2 aliphatic rings. The van der Waals surface area contributed by atoms with E-state index in [-0.39, 0.29) is 5.97 Å². The highest BCUT2D eigenvalue weighted by Gasteiger charge is 2.24. The Kier molecular flexibility index (Phi) is 3.88. The first-order chi connectivity index (χ1) is 9.79. The second-order valence-electron chi connectivity index (χ2n) is 5.45. The summed E-state index contributed by atoms with van der Waals surface area (Å²) in [7, 11) is 1.43. The van der Waals surface area contributed by atoms with Gasteiger partial charge in [-0.3, -0.25) is 0 Å². The van der Waals surface area contributed by atoms with Crippen LogP contribution in [0, 0.1) is 5.92 Å². The molecule has 0 saturated carbocycles. The van der Waals surface area contributed by atoms with Gasteiger partial charge in [-0.2, -0.15) is 0 Å². The molecule has 0 amide bonds. The molecule has 0 atom stereocenters. The summed E-state index contributed by atoms with van der Waals surface area (Å²) < 4.78 is 10.3. The largest absolute Gasteiger partial charge is 0.465 e. The van der Waals surface area contributed by atoms with E-state index in [0.29, 0.717) is 11.5 Å². The van der Waals surface area contributed by atoms with E-state index in [0.717, 1.165) is 38.9 Å². The normalized spacial score (nSPS) is 19.1. The molecule has 1 saturated heterocycles. The van der Waals surface area contributed by atoms with Crippen molar-refractivity contribution in [1.82, 2.24) is 0 Å². The fourth-order valence-corrected chi connectivity index (χ4v) is 3.20. The van der Waals surface area contributed by atoms with Gasteiger partial charge in [0.05, 0.1) is 12.7 Å². The van der Waals surface area contributed by atoms with Gasteiger partial charge in [0.2, 0.25) is 0 Å². The maximum atomic E-state index is 11.7. The molecule has 3 heteroatoms. The highest BCUT2D eigenvalue weighted by atomic mass is 16.5. The summed E-state index contributed by atoms with van der Waals surface area (Å²) in [5, 5.41) is 0. The number of hydrogen-bond acceptors (Lipinski definition) is 3. The van der Waals surface area contributed by atoms with Crippen molar-refractivity contribution in [2.45, 2.75) is 25.7 Å². The smallest absolute Gasteiger partial charge is 0.337 e. The Morgan fingerprint density at radius 3 is 2.85 bits per heavy atom. The van der Waals surface area contributed by atoms with E-state index in [1.54, 1.807) is 0 Å². The number of rotatable bonds is 2. The van der Waals surface area contributed by atoms with E-state index < -0.39 is 0 Å². The molecule has 106 valence electrons. The molecule has 0 radical (unpaired) electrons. The summed E-state index contributed by atoms with van der Waals surface area (Å²) in [5.41, 5.74) is 4.64. The number of methoxy groups -OCH3 is 1. The Morgan fingerprint density at radius 1 is 1.30 bits per heavy atom. The maximum Gasteiger partial charge on any atom is 0.337 e. The van der Waals surface area contributed by atoms with E-state index in [4.69, 9.17) is 9.47 Å². The second kappa shape index (κ2) is 5.80. The van der Waals surface area contributed by atoms with Crippen molar-refractivity contribution >= 4 is 11.5 Å². The van der Waals surface area contributed by atoms with Crippen LogP contribution in [0.4, 0.5) is 0 Å². The lowest BCUT2D eigenvalue weighted by Gasteiger charge is -2.28. The van der Waals surface area contributed by atoms with Crippen LogP contribution in [-0.2, 0) is 15.9 Å². The molecule has 1 aromatic carbocycles. The predicted molar refractivity (Wildman–Crippen MR) is 77.6 cm³/mol. The number of ether oxygens (including phenoxy) is 2. The lowest BCUT2D eigenvalue weighted by molar-refractivity contribution is 0.0600. The van der Waals surface area contributed by atoms with Crippen molar-refractivity contribution in [3.05, 3.63) is 41.0 Å². The third-order valence-corrected chi connectivity index (χ3v) is 4.28. The molecule has 0 spiro atoms. The van der Waals surface area contributed by atoms with Crippen molar-refractivity contribution in [3.8, 4) is 0 Å². The van der Waals surface area contributed by atoms with Crippen LogP contribution in [0.15, 0.2) is 24.3 Å².